The van der Waals surface area contributed by atoms with E-state index in [1.807, 2.05) is 11.4 Å². The summed E-state index contributed by atoms with van der Waals surface area (Å²) in [6.07, 6.45) is 1.56. The Morgan fingerprint density at radius 1 is 1.48 bits per heavy atom. The van der Waals surface area contributed by atoms with E-state index >= 15 is 0 Å². The van der Waals surface area contributed by atoms with Crippen molar-refractivity contribution in [3.63, 3.8) is 0 Å². The lowest BCUT2D eigenvalue weighted by Crippen LogP contribution is -2.25. The van der Waals surface area contributed by atoms with Gasteiger partial charge < -0.3 is 15.0 Å². The third-order valence-electron chi connectivity index (χ3n) is 2.76. The lowest BCUT2D eigenvalue weighted by atomic mass is 10.2. The number of thiophene rings is 1. The highest BCUT2D eigenvalue weighted by molar-refractivity contribution is 7.10. The van der Waals surface area contributed by atoms with Crippen molar-refractivity contribution in [1.29, 1.82) is 0 Å². The van der Waals surface area contributed by atoms with Gasteiger partial charge in [0, 0.05) is 40.7 Å². The summed E-state index contributed by atoms with van der Waals surface area (Å²) >= 11 is 1.48. The second-order valence-corrected chi connectivity index (χ2v) is 5.30. The number of hydrogen-bond acceptors (Lipinski definition) is 4. The number of amides is 1. The van der Waals surface area contributed by atoms with Crippen LogP contribution in [0.15, 0.2) is 34.6 Å². The van der Waals surface area contributed by atoms with Crippen LogP contribution in [0.4, 0.5) is 0 Å². The van der Waals surface area contributed by atoms with Gasteiger partial charge in [-0.05, 0) is 12.1 Å². The quantitative estimate of drug-likeness (QED) is 0.821. The Balaban J connectivity index is 1.99. The molecule has 1 amide bonds. The molecular weight excluding hydrogens is 288 g/mol. The van der Waals surface area contributed by atoms with E-state index in [1.165, 1.54) is 22.0 Å². The summed E-state index contributed by atoms with van der Waals surface area (Å²) in [5, 5.41) is 13.2. The lowest BCUT2D eigenvalue weighted by molar-refractivity contribution is 0.0951. The minimum Gasteiger partial charge on any atom is -0.384 e. The molecule has 0 unspecified atom stereocenters. The molecule has 0 aromatic carbocycles. The Labute approximate surface area is 125 Å². The van der Waals surface area contributed by atoms with Gasteiger partial charge in [-0.2, -0.15) is 0 Å². The number of pyridine rings is 1. The summed E-state index contributed by atoms with van der Waals surface area (Å²) in [6.45, 7) is 0.199. The summed E-state index contributed by atoms with van der Waals surface area (Å²) < 4.78 is 1.40. The number of carbonyl (C=O) groups excluding carboxylic acids is 1. The van der Waals surface area contributed by atoms with Crippen molar-refractivity contribution < 1.29 is 9.90 Å². The van der Waals surface area contributed by atoms with Crippen molar-refractivity contribution in [2.24, 2.45) is 7.05 Å². The normalized spacial score (nSPS) is 9.81. The summed E-state index contributed by atoms with van der Waals surface area (Å²) in [7, 11) is 1.63. The van der Waals surface area contributed by atoms with Gasteiger partial charge in [0.25, 0.3) is 11.5 Å². The molecule has 0 radical (unpaired) electrons. The first-order valence-corrected chi connectivity index (χ1v) is 7.10. The van der Waals surface area contributed by atoms with Gasteiger partial charge in [-0.3, -0.25) is 9.59 Å². The fourth-order valence-corrected chi connectivity index (χ4v) is 2.40. The summed E-state index contributed by atoms with van der Waals surface area (Å²) in [5.41, 5.74) is 0.933. The lowest BCUT2D eigenvalue weighted by Gasteiger charge is -2.04. The summed E-state index contributed by atoms with van der Waals surface area (Å²) in [6, 6.07) is 4.77. The molecule has 0 bridgehead atoms. The van der Waals surface area contributed by atoms with E-state index in [1.54, 1.807) is 19.3 Å². The Morgan fingerprint density at radius 3 is 3.00 bits per heavy atom. The zero-order chi connectivity index (χ0) is 15.2. The second-order valence-electron chi connectivity index (χ2n) is 4.31. The van der Waals surface area contributed by atoms with Crippen LogP contribution in [-0.4, -0.2) is 22.2 Å². The number of aromatic nitrogens is 1. The van der Waals surface area contributed by atoms with Crippen LogP contribution in [0.5, 0.6) is 0 Å². The maximum atomic E-state index is 11.9. The van der Waals surface area contributed by atoms with Crippen molar-refractivity contribution in [2.45, 2.75) is 6.54 Å². The van der Waals surface area contributed by atoms with Crippen LogP contribution in [0.2, 0.25) is 0 Å². The van der Waals surface area contributed by atoms with Gasteiger partial charge in [0.15, 0.2) is 0 Å². The molecule has 2 N–H and O–H groups in total. The predicted octanol–water partition coefficient (Wildman–Crippen LogP) is 0.721. The number of rotatable bonds is 3. The molecule has 0 fully saturated rings. The first-order valence-electron chi connectivity index (χ1n) is 6.22. The SMILES string of the molecule is Cn1ccc(C(=O)NCc2cc(C#CCO)cs2)cc1=O. The van der Waals surface area contributed by atoms with E-state index < -0.39 is 0 Å². The van der Waals surface area contributed by atoms with E-state index in [0.29, 0.717) is 12.1 Å². The Morgan fingerprint density at radius 2 is 2.29 bits per heavy atom. The summed E-state index contributed by atoms with van der Waals surface area (Å²) in [5.74, 6) is 5.08. The Hall–Kier alpha value is -2.36. The maximum Gasteiger partial charge on any atom is 0.251 e. The van der Waals surface area contributed by atoms with Gasteiger partial charge in [0.2, 0.25) is 0 Å². The summed E-state index contributed by atoms with van der Waals surface area (Å²) in [4.78, 5) is 24.4. The van der Waals surface area contributed by atoms with Crippen molar-refractivity contribution in [3.05, 3.63) is 56.1 Å². The topological polar surface area (TPSA) is 71.3 Å². The Bertz CT molecular complexity index is 765. The molecule has 0 aliphatic rings. The molecule has 6 heteroatoms. The molecule has 0 aliphatic heterocycles. The average molecular weight is 302 g/mol. The van der Waals surface area contributed by atoms with Crippen LogP contribution < -0.4 is 10.9 Å². The molecule has 21 heavy (non-hydrogen) atoms. The molecule has 2 aromatic rings. The number of aliphatic hydroxyl groups excluding tert-OH is 1. The van der Waals surface area contributed by atoms with Crippen molar-refractivity contribution in [3.8, 4) is 11.8 Å². The predicted molar refractivity (Wildman–Crippen MR) is 81.1 cm³/mol. The first kappa shape index (κ1) is 15.0. The van der Waals surface area contributed by atoms with Crippen molar-refractivity contribution >= 4 is 17.2 Å². The highest BCUT2D eigenvalue weighted by Gasteiger charge is 2.07. The number of nitrogens with zero attached hydrogens (tertiary/aromatic N) is 1. The second kappa shape index (κ2) is 6.88. The molecule has 5 nitrogen and oxygen atoms in total. The Kier molecular flexibility index (Phi) is 4.93. The molecular formula is C15H14N2O3S. The van der Waals surface area contributed by atoms with Crippen LogP contribution in [0, 0.1) is 11.8 Å². The minimum atomic E-state index is -0.288. The third kappa shape index (κ3) is 4.05. The molecule has 2 rings (SSSR count). The van der Waals surface area contributed by atoms with E-state index in [9.17, 15) is 9.59 Å². The smallest absolute Gasteiger partial charge is 0.251 e. The van der Waals surface area contributed by atoms with Crippen molar-refractivity contribution in [2.75, 3.05) is 6.61 Å². The van der Waals surface area contributed by atoms with Gasteiger partial charge in [0.1, 0.15) is 6.61 Å². The highest BCUT2D eigenvalue weighted by Crippen LogP contribution is 2.13. The third-order valence-corrected chi connectivity index (χ3v) is 3.69. The van der Waals surface area contributed by atoms with Crippen LogP contribution in [-0.2, 0) is 13.6 Å². The van der Waals surface area contributed by atoms with E-state index in [4.69, 9.17) is 5.11 Å². The zero-order valence-electron chi connectivity index (χ0n) is 11.4. The van der Waals surface area contributed by atoms with E-state index in [0.717, 1.165) is 10.4 Å². The molecule has 0 atom stereocenters. The van der Waals surface area contributed by atoms with Crippen molar-refractivity contribution in [1.82, 2.24) is 9.88 Å². The number of hydrogen-bond donors (Lipinski definition) is 2. The number of aryl methyl sites for hydroxylation is 1. The number of nitrogens with one attached hydrogen (secondary N) is 1. The molecule has 0 aliphatic carbocycles. The molecule has 108 valence electrons. The van der Waals surface area contributed by atoms with E-state index in [2.05, 4.69) is 17.2 Å². The van der Waals surface area contributed by atoms with Gasteiger partial charge in [-0.15, -0.1) is 11.3 Å². The zero-order valence-corrected chi connectivity index (χ0v) is 12.2. The number of aliphatic hydroxyl groups is 1. The molecule has 0 saturated carbocycles. The van der Waals surface area contributed by atoms with Gasteiger partial charge in [-0.25, -0.2) is 0 Å². The van der Waals surface area contributed by atoms with Gasteiger partial charge in [-0.1, -0.05) is 11.8 Å². The molecule has 0 spiro atoms. The van der Waals surface area contributed by atoms with Crippen LogP contribution >= 0.6 is 11.3 Å². The standard InChI is InChI=1S/C15H14N2O3S/c1-17-5-4-12(8-14(17)19)15(20)16-9-13-7-11(10-21-13)3-2-6-18/h4-5,7-8,10,18H,6,9H2,1H3,(H,16,20). The monoisotopic (exact) mass is 302 g/mol. The fourth-order valence-electron chi connectivity index (χ4n) is 1.64. The molecule has 0 saturated heterocycles. The number of carbonyl (C=O) groups is 1. The van der Waals surface area contributed by atoms with Gasteiger partial charge in [0.05, 0.1) is 6.54 Å². The van der Waals surface area contributed by atoms with Crippen LogP contribution in [0.3, 0.4) is 0 Å². The van der Waals surface area contributed by atoms with Crippen LogP contribution in [0.25, 0.3) is 0 Å². The fraction of sp³-hybridized carbons (Fsp3) is 0.200. The van der Waals surface area contributed by atoms with E-state index in [-0.39, 0.29) is 18.1 Å². The first-order chi connectivity index (χ1) is 10.1. The van der Waals surface area contributed by atoms with Gasteiger partial charge >= 0.3 is 0 Å². The minimum absolute atomic E-state index is 0.176. The molecule has 2 heterocycles. The average Bonchev–Trinajstić information content (AvgIpc) is 2.93. The van der Waals surface area contributed by atoms with Crippen LogP contribution in [0.1, 0.15) is 20.8 Å². The highest BCUT2D eigenvalue weighted by atomic mass is 32.1. The maximum absolute atomic E-state index is 11.9. The molecule has 2 aromatic heterocycles. The largest absolute Gasteiger partial charge is 0.384 e.